The van der Waals surface area contributed by atoms with Crippen LogP contribution in [0.15, 0.2) is 36.7 Å². The number of pyridine rings is 1. The Morgan fingerprint density at radius 1 is 1.19 bits per heavy atom. The van der Waals surface area contributed by atoms with Crippen molar-refractivity contribution in [3.8, 4) is 0 Å². The van der Waals surface area contributed by atoms with Crippen molar-refractivity contribution in [2.75, 3.05) is 5.32 Å². The third kappa shape index (κ3) is 4.25. The summed E-state index contributed by atoms with van der Waals surface area (Å²) in [5.74, 6) is -0.836. The number of anilines is 1. The van der Waals surface area contributed by atoms with Gasteiger partial charge in [0.15, 0.2) is 5.65 Å². The van der Waals surface area contributed by atoms with Crippen molar-refractivity contribution in [1.29, 1.82) is 0 Å². The molecular weight excluding hydrogens is 411 g/mol. The van der Waals surface area contributed by atoms with Gasteiger partial charge in [-0.3, -0.25) is 10.1 Å². The van der Waals surface area contributed by atoms with Crippen LogP contribution >= 0.6 is 0 Å². The summed E-state index contributed by atoms with van der Waals surface area (Å²) in [6, 6.07) is 7.60. The maximum atomic E-state index is 13.8. The zero-order valence-electron chi connectivity index (χ0n) is 16.7. The number of carbonyl (C=O) groups excluding carboxylic acids is 1. The number of benzene rings is 1. The zero-order chi connectivity index (χ0) is 22.1. The van der Waals surface area contributed by atoms with Gasteiger partial charge in [-0.2, -0.15) is 5.10 Å². The van der Waals surface area contributed by atoms with Gasteiger partial charge in [0, 0.05) is 16.8 Å². The van der Waals surface area contributed by atoms with Gasteiger partial charge in [-0.25, -0.2) is 32.5 Å². The number of fused-ring (bicyclic) bond motifs is 1. The van der Waals surface area contributed by atoms with E-state index in [1.54, 1.807) is 32.0 Å². The monoisotopic (exact) mass is 429 g/mol. The Morgan fingerprint density at radius 3 is 2.71 bits per heavy atom. The third-order valence-electron chi connectivity index (χ3n) is 4.64. The molecule has 3 heterocycles. The molecule has 3 aromatic heterocycles. The first-order valence-electron chi connectivity index (χ1n) is 9.37. The summed E-state index contributed by atoms with van der Waals surface area (Å²) in [4.78, 5) is 20.7. The Labute approximate surface area is 174 Å². The fourth-order valence-electron chi connectivity index (χ4n) is 3.33. The second kappa shape index (κ2) is 8.17. The van der Waals surface area contributed by atoms with Crippen LogP contribution < -0.4 is 5.32 Å². The van der Waals surface area contributed by atoms with E-state index in [4.69, 9.17) is 0 Å². The van der Waals surface area contributed by atoms with Gasteiger partial charge < -0.3 is 0 Å². The molecule has 0 atom stereocenters. The second-order valence-corrected chi connectivity index (χ2v) is 7.00. The maximum absolute atomic E-state index is 13.8. The second-order valence-electron chi connectivity index (χ2n) is 7.00. The number of carbonyl (C=O) groups is 1. The highest BCUT2D eigenvalue weighted by molar-refractivity contribution is 5.90. The number of aromatic nitrogens is 6. The molecule has 4 aromatic rings. The Bertz CT molecular complexity index is 1270. The molecule has 0 aliphatic heterocycles. The van der Waals surface area contributed by atoms with E-state index in [-0.39, 0.29) is 41.5 Å². The summed E-state index contributed by atoms with van der Waals surface area (Å²) in [6.07, 6.45) is -1.31. The highest BCUT2D eigenvalue weighted by Crippen LogP contribution is 2.29. The molecule has 0 bridgehead atoms. The fraction of sp³-hybridized carbons (Fsp3) is 0.250. The molecule has 1 N–H and O–H groups in total. The SMILES string of the molecule is Cc1cc(C(F)F)c2c(C)nn(CC(=O)Nc3ncn(Cc4ccccc4F)n3)c2n1. The van der Waals surface area contributed by atoms with Crippen molar-refractivity contribution >= 4 is 22.9 Å². The van der Waals surface area contributed by atoms with Gasteiger partial charge in [0.05, 0.1) is 17.6 Å². The number of hydrogen-bond donors (Lipinski definition) is 1. The van der Waals surface area contributed by atoms with Gasteiger partial charge in [0.1, 0.15) is 18.7 Å². The number of nitrogens with one attached hydrogen (secondary N) is 1. The van der Waals surface area contributed by atoms with Crippen LogP contribution in [0.25, 0.3) is 11.0 Å². The van der Waals surface area contributed by atoms with Gasteiger partial charge in [-0.05, 0) is 26.0 Å². The highest BCUT2D eigenvalue weighted by Gasteiger charge is 2.21. The van der Waals surface area contributed by atoms with E-state index in [0.29, 0.717) is 17.0 Å². The van der Waals surface area contributed by atoms with Crippen molar-refractivity contribution in [3.63, 3.8) is 0 Å². The summed E-state index contributed by atoms with van der Waals surface area (Å²) < 4.78 is 43.3. The average molecular weight is 429 g/mol. The van der Waals surface area contributed by atoms with Crippen LogP contribution in [0.5, 0.6) is 0 Å². The molecule has 31 heavy (non-hydrogen) atoms. The summed E-state index contributed by atoms with van der Waals surface area (Å²) in [5, 5.41) is 11.1. The van der Waals surface area contributed by atoms with E-state index in [0.717, 1.165) is 0 Å². The van der Waals surface area contributed by atoms with Crippen LogP contribution in [0.4, 0.5) is 19.1 Å². The lowest BCUT2D eigenvalue weighted by atomic mass is 10.1. The number of alkyl halides is 2. The van der Waals surface area contributed by atoms with E-state index in [1.807, 2.05) is 0 Å². The number of nitrogens with zero attached hydrogens (tertiary/aromatic N) is 6. The summed E-state index contributed by atoms with van der Waals surface area (Å²) in [6.45, 7) is 3.08. The van der Waals surface area contributed by atoms with Crippen LogP contribution in [0, 0.1) is 19.7 Å². The summed E-state index contributed by atoms with van der Waals surface area (Å²) in [5.41, 5.74) is 1.23. The molecule has 160 valence electrons. The van der Waals surface area contributed by atoms with E-state index < -0.39 is 12.3 Å². The van der Waals surface area contributed by atoms with Crippen LogP contribution in [0.3, 0.4) is 0 Å². The minimum absolute atomic E-state index is 0.0342. The predicted octanol–water partition coefficient (Wildman–Crippen LogP) is 3.40. The largest absolute Gasteiger partial charge is 0.292 e. The molecule has 1 aromatic carbocycles. The Balaban J connectivity index is 1.50. The van der Waals surface area contributed by atoms with Crippen molar-refractivity contribution in [2.45, 2.75) is 33.4 Å². The van der Waals surface area contributed by atoms with Gasteiger partial charge in [-0.15, -0.1) is 5.10 Å². The Morgan fingerprint density at radius 2 is 1.97 bits per heavy atom. The van der Waals surface area contributed by atoms with Gasteiger partial charge in [0.2, 0.25) is 11.9 Å². The molecule has 0 unspecified atom stereocenters. The summed E-state index contributed by atoms with van der Waals surface area (Å²) in [7, 11) is 0. The molecule has 0 saturated heterocycles. The quantitative estimate of drug-likeness (QED) is 0.507. The first-order chi connectivity index (χ1) is 14.8. The number of aryl methyl sites for hydroxylation is 2. The molecule has 0 fully saturated rings. The smallest absolute Gasteiger partial charge is 0.264 e. The minimum atomic E-state index is -2.68. The standard InChI is InChI=1S/C20H18F3N7O/c1-11-7-14(18(22)23)17-12(2)27-30(19(17)25-11)9-16(31)26-20-24-10-29(28-20)8-13-5-3-4-6-15(13)21/h3-7,10,18H,8-9H2,1-2H3,(H,26,28,31). The third-order valence-corrected chi connectivity index (χ3v) is 4.64. The lowest BCUT2D eigenvalue weighted by Gasteiger charge is -2.06. The average Bonchev–Trinajstić information content (AvgIpc) is 3.27. The van der Waals surface area contributed by atoms with Crippen molar-refractivity contribution in [1.82, 2.24) is 29.5 Å². The van der Waals surface area contributed by atoms with E-state index in [2.05, 4.69) is 25.5 Å². The molecule has 11 heteroatoms. The normalized spacial score (nSPS) is 11.4. The number of amides is 1. The first kappa shape index (κ1) is 20.5. The Hall–Kier alpha value is -3.76. The maximum Gasteiger partial charge on any atom is 0.264 e. The lowest BCUT2D eigenvalue weighted by molar-refractivity contribution is -0.116. The number of halogens is 3. The molecule has 4 rings (SSSR count). The van der Waals surface area contributed by atoms with Gasteiger partial charge in [-0.1, -0.05) is 18.2 Å². The summed E-state index contributed by atoms with van der Waals surface area (Å²) >= 11 is 0. The van der Waals surface area contributed by atoms with Crippen LogP contribution in [0.1, 0.15) is 28.9 Å². The van der Waals surface area contributed by atoms with Crippen molar-refractivity contribution in [3.05, 3.63) is 65.0 Å². The molecular formula is C20H18F3N7O. The molecule has 0 aliphatic rings. The zero-order valence-corrected chi connectivity index (χ0v) is 16.7. The van der Waals surface area contributed by atoms with E-state index in [9.17, 15) is 18.0 Å². The van der Waals surface area contributed by atoms with Crippen LogP contribution in [-0.4, -0.2) is 35.4 Å². The first-order valence-corrected chi connectivity index (χ1v) is 9.37. The topological polar surface area (TPSA) is 90.5 Å². The molecule has 0 saturated carbocycles. The van der Waals surface area contributed by atoms with E-state index in [1.165, 1.54) is 27.8 Å². The highest BCUT2D eigenvalue weighted by atomic mass is 19.3. The predicted molar refractivity (Wildman–Crippen MR) is 106 cm³/mol. The van der Waals surface area contributed by atoms with Crippen LogP contribution in [0.2, 0.25) is 0 Å². The van der Waals surface area contributed by atoms with Crippen molar-refractivity contribution < 1.29 is 18.0 Å². The van der Waals surface area contributed by atoms with Gasteiger partial charge >= 0.3 is 0 Å². The molecule has 0 aliphatic carbocycles. The number of hydrogen-bond acceptors (Lipinski definition) is 5. The van der Waals surface area contributed by atoms with Gasteiger partial charge in [0.25, 0.3) is 6.43 Å². The Kier molecular flexibility index (Phi) is 5.40. The molecule has 0 radical (unpaired) electrons. The number of rotatable bonds is 6. The van der Waals surface area contributed by atoms with E-state index >= 15 is 0 Å². The van der Waals surface area contributed by atoms with Crippen molar-refractivity contribution in [2.24, 2.45) is 0 Å². The molecule has 1 amide bonds. The van der Waals surface area contributed by atoms with Crippen LogP contribution in [-0.2, 0) is 17.9 Å². The molecule has 0 spiro atoms. The minimum Gasteiger partial charge on any atom is -0.292 e. The molecule has 8 nitrogen and oxygen atoms in total. The fourth-order valence-corrected chi connectivity index (χ4v) is 3.33. The lowest BCUT2D eigenvalue weighted by Crippen LogP contribution is -2.20.